The molecule has 108 valence electrons. The van der Waals surface area contributed by atoms with Crippen LogP contribution in [0.3, 0.4) is 0 Å². The number of nitrogens with zero attached hydrogens (tertiary/aromatic N) is 1. The summed E-state index contributed by atoms with van der Waals surface area (Å²) in [6.07, 6.45) is 4.88. The standard InChI is InChI=1S/C14H24N2O3/c1-10-6-8-16(9-7-10)14(19)13(18)15-11-4-2-3-5-12(11)17/h10-12,17H,2-9H2,1H3,(H,15,18)/t11-,12-/m0/s1. The number of nitrogens with one attached hydrogen (secondary N) is 1. The van der Waals surface area contributed by atoms with Gasteiger partial charge in [0.15, 0.2) is 0 Å². The molecule has 2 amide bonds. The van der Waals surface area contributed by atoms with Crippen LogP contribution in [0.25, 0.3) is 0 Å². The monoisotopic (exact) mass is 268 g/mol. The highest BCUT2D eigenvalue weighted by Gasteiger charge is 2.30. The van der Waals surface area contributed by atoms with Crippen molar-refractivity contribution in [1.29, 1.82) is 0 Å². The number of aliphatic hydroxyl groups excluding tert-OH is 1. The molecule has 0 aromatic carbocycles. The van der Waals surface area contributed by atoms with Crippen molar-refractivity contribution >= 4 is 11.8 Å². The molecule has 0 radical (unpaired) electrons. The minimum atomic E-state index is -0.555. The first-order valence-electron chi connectivity index (χ1n) is 7.35. The largest absolute Gasteiger partial charge is 0.391 e. The van der Waals surface area contributed by atoms with Crippen molar-refractivity contribution in [1.82, 2.24) is 10.2 Å². The molecule has 0 spiro atoms. The van der Waals surface area contributed by atoms with Gasteiger partial charge in [-0.05, 0) is 31.6 Å². The van der Waals surface area contributed by atoms with Crippen LogP contribution in [0.15, 0.2) is 0 Å². The molecule has 1 aliphatic heterocycles. The molecule has 2 aliphatic rings. The van der Waals surface area contributed by atoms with Crippen molar-refractivity contribution in [3.8, 4) is 0 Å². The molecule has 0 aromatic rings. The Labute approximate surface area is 114 Å². The smallest absolute Gasteiger partial charge is 0.311 e. The molecule has 2 N–H and O–H groups in total. The van der Waals surface area contributed by atoms with Gasteiger partial charge in [0.05, 0.1) is 12.1 Å². The van der Waals surface area contributed by atoms with E-state index < -0.39 is 17.9 Å². The number of rotatable bonds is 1. The van der Waals surface area contributed by atoms with Gasteiger partial charge in [0, 0.05) is 13.1 Å². The molecule has 0 aromatic heterocycles. The Morgan fingerprint density at radius 1 is 1.11 bits per heavy atom. The Balaban J connectivity index is 1.83. The molecule has 2 atom stereocenters. The lowest BCUT2D eigenvalue weighted by Crippen LogP contribution is -2.52. The molecule has 19 heavy (non-hydrogen) atoms. The summed E-state index contributed by atoms with van der Waals surface area (Å²) >= 11 is 0. The quantitative estimate of drug-likeness (QED) is 0.687. The zero-order valence-electron chi connectivity index (χ0n) is 11.6. The third-order valence-corrected chi connectivity index (χ3v) is 4.31. The van der Waals surface area contributed by atoms with Crippen LogP contribution in [0, 0.1) is 5.92 Å². The van der Waals surface area contributed by atoms with E-state index in [4.69, 9.17) is 0 Å². The van der Waals surface area contributed by atoms with Gasteiger partial charge in [-0.2, -0.15) is 0 Å². The number of carbonyl (C=O) groups excluding carboxylic acids is 2. The number of piperidine rings is 1. The van der Waals surface area contributed by atoms with Crippen molar-refractivity contribution < 1.29 is 14.7 Å². The van der Waals surface area contributed by atoms with Gasteiger partial charge in [-0.1, -0.05) is 19.8 Å². The lowest BCUT2D eigenvalue weighted by molar-refractivity contribution is -0.147. The minimum Gasteiger partial charge on any atom is -0.391 e. The van der Waals surface area contributed by atoms with Gasteiger partial charge >= 0.3 is 11.8 Å². The molecular formula is C14H24N2O3. The topological polar surface area (TPSA) is 69.6 Å². The van der Waals surface area contributed by atoms with Crippen LogP contribution in [0.5, 0.6) is 0 Å². The first-order chi connectivity index (χ1) is 9.08. The zero-order valence-corrected chi connectivity index (χ0v) is 11.6. The Morgan fingerprint density at radius 2 is 1.74 bits per heavy atom. The third kappa shape index (κ3) is 3.69. The highest BCUT2D eigenvalue weighted by molar-refractivity contribution is 6.35. The summed E-state index contributed by atoms with van der Waals surface area (Å²) in [7, 11) is 0. The SMILES string of the molecule is CC1CCN(C(=O)C(=O)N[C@H]2CCCC[C@@H]2O)CC1. The van der Waals surface area contributed by atoms with E-state index in [-0.39, 0.29) is 6.04 Å². The van der Waals surface area contributed by atoms with Crippen LogP contribution in [0.4, 0.5) is 0 Å². The summed E-state index contributed by atoms with van der Waals surface area (Å²) in [6, 6.07) is -0.256. The predicted octanol–water partition coefficient (Wildman–Crippen LogP) is 0.665. The lowest BCUT2D eigenvalue weighted by Gasteiger charge is -2.32. The van der Waals surface area contributed by atoms with E-state index >= 15 is 0 Å². The van der Waals surface area contributed by atoms with Gasteiger partial charge in [0.2, 0.25) is 0 Å². The highest BCUT2D eigenvalue weighted by atomic mass is 16.3. The van der Waals surface area contributed by atoms with E-state index in [1.54, 1.807) is 4.90 Å². The van der Waals surface area contributed by atoms with Gasteiger partial charge in [-0.3, -0.25) is 9.59 Å². The Hall–Kier alpha value is -1.10. The summed E-state index contributed by atoms with van der Waals surface area (Å²) in [5.74, 6) is -0.363. The molecule has 2 rings (SSSR count). The lowest BCUT2D eigenvalue weighted by atomic mass is 9.92. The van der Waals surface area contributed by atoms with E-state index in [1.165, 1.54) is 0 Å². The maximum atomic E-state index is 12.0. The molecule has 1 heterocycles. The number of aliphatic hydroxyl groups is 1. The van der Waals surface area contributed by atoms with Crippen LogP contribution < -0.4 is 5.32 Å². The van der Waals surface area contributed by atoms with Gasteiger partial charge in [0.1, 0.15) is 0 Å². The summed E-state index contributed by atoms with van der Waals surface area (Å²) in [4.78, 5) is 25.6. The molecule has 2 fully saturated rings. The fraction of sp³-hybridized carbons (Fsp3) is 0.857. The number of hydrogen-bond acceptors (Lipinski definition) is 3. The Kier molecular flexibility index (Phi) is 4.80. The summed E-state index contributed by atoms with van der Waals surface area (Å²) < 4.78 is 0. The van der Waals surface area contributed by atoms with E-state index in [0.29, 0.717) is 25.4 Å². The van der Waals surface area contributed by atoms with Crippen molar-refractivity contribution in [2.45, 2.75) is 57.6 Å². The predicted molar refractivity (Wildman–Crippen MR) is 71.4 cm³/mol. The fourth-order valence-electron chi connectivity index (χ4n) is 2.87. The second-order valence-electron chi connectivity index (χ2n) is 5.91. The van der Waals surface area contributed by atoms with Crippen molar-refractivity contribution in [2.24, 2.45) is 5.92 Å². The van der Waals surface area contributed by atoms with Crippen LogP contribution in [-0.2, 0) is 9.59 Å². The van der Waals surface area contributed by atoms with Crippen molar-refractivity contribution in [3.05, 3.63) is 0 Å². The second kappa shape index (κ2) is 6.37. The van der Waals surface area contributed by atoms with Crippen LogP contribution in [0.2, 0.25) is 0 Å². The van der Waals surface area contributed by atoms with Crippen molar-refractivity contribution in [2.75, 3.05) is 13.1 Å². The summed E-state index contributed by atoms with van der Waals surface area (Å²) in [5, 5.41) is 12.5. The average Bonchev–Trinajstić information content (AvgIpc) is 2.41. The van der Waals surface area contributed by atoms with Crippen LogP contribution >= 0.6 is 0 Å². The van der Waals surface area contributed by atoms with Crippen LogP contribution in [0.1, 0.15) is 45.4 Å². The molecular weight excluding hydrogens is 244 g/mol. The normalized spacial score (nSPS) is 29.1. The van der Waals surface area contributed by atoms with E-state index in [9.17, 15) is 14.7 Å². The number of amides is 2. The third-order valence-electron chi connectivity index (χ3n) is 4.31. The van der Waals surface area contributed by atoms with Crippen molar-refractivity contribution in [3.63, 3.8) is 0 Å². The Bertz CT molecular complexity index is 338. The first-order valence-corrected chi connectivity index (χ1v) is 7.35. The second-order valence-corrected chi connectivity index (χ2v) is 5.91. The number of hydrogen-bond donors (Lipinski definition) is 2. The van der Waals surface area contributed by atoms with E-state index in [0.717, 1.165) is 32.1 Å². The van der Waals surface area contributed by atoms with Crippen LogP contribution in [-0.4, -0.2) is 47.1 Å². The number of likely N-dealkylation sites (tertiary alicyclic amines) is 1. The molecule has 1 saturated carbocycles. The van der Waals surface area contributed by atoms with Gasteiger partial charge < -0.3 is 15.3 Å². The molecule has 0 unspecified atom stereocenters. The fourth-order valence-corrected chi connectivity index (χ4v) is 2.87. The molecule has 0 bridgehead atoms. The first kappa shape index (κ1) is 14.3. The van der Waals surface area contributed by atoms with Gasteiger partial charge in [-0.15, -0.1) is 0 Å². The maximum absolute atomic E-state index is 12.0. The van der Waals surface area contributed by atoms with E-state index in [1.807, 2.05) is 0 Å². The maximum Gasteiger partial charge on any atom is 0.311 e. The minimum absolute atomic E-state index is 0.256. The van der Waals surface area contributed by atoms with Gasteiger partial charge in [0.25, 0.3) is 0 Å². The Morgan fingerprint density at radius 3 is 2.37 bits per heavy atom. The number of carbonyl (C=O) groups is 2. The summed E-state index contributed by atoms with van der Waals surface area (Å²) in [5.41, 5.74) is 0. The average molecular weight is 268 g/mol. The summed E-state index contributed by atoms with van der Waals surface area (Å²) in [6.45, 7) is 3.50. The molecule has 5 heteroatoms. The van der Waals surface area contributed by atoms with Gasteiger partial charge in [-0.25, -0.2) is 0 Å². The molecule has 1 saturated heterocycles. The molecule has 5 nitrogen and oxygen atoms in total. The molecule has 1 aliphatic carbocycles. The zero-order chi connectivity index (χ0) is 13.8. The highest BCUT2D eigenvalue weighted by Crippen LogP contribution is 2.19. The van der Waals surface area contributed by atoms with E-state index in [2.05, 4.69) is 12.2 Å².